The normalized spacial score (nSPS) is 14.3. The molecule has 4 nitrogen and oxygen atoms in total. The van der Waals surface area contributed by atoms with Crippen LogP contribution in [-0.2, 0) is 6.54 Å². The number of benzene rings is 1. The molecule has 0 aliphatic carbocycles. The van der Waals surface area contributed by atoms with Crippen molar-refractivity contribution in [3.8, 4) is 0 Å². The van der Waals surface area contributed by atoms with E-state index in [1.807, 2.05) is 41.2 Å². The number of hydrogen-bond donors (Lipinski definition) is 2. The van der Waals surface area contributed by atoms with E-state index >= 15 is 0 Å². The number of aromatic nitrogens is 2. The Morgan fingerprint density at radius 3 is 2.95 bits per heavy atom. The number of nitrogens with zero attached hydrogens (tertiary/aromatic N) is 2. The average Bonchev–Trinajstić information content (AvgIpc) is 2.88. The second kappa shape index (κ2) is 6.84. The first-order chi connectivity index (χ1) is 9.15. The second-order valence-electron chi connectivity index (χ2n) is 4.61. The van der Waals surface area contributed by atoms with Crippen molar-refractivity contribution >= 4 is 15.9 Å². The van der Waals surface area contributed by atoms with E-state index in [0.717, 1.165) is 16.6 Å². The standard InChI is InChI=1S/C14H18BrN3O/c1-11(10-18-7-3-6-17-18)16-9-14(19)12-4-2-5-13(15)8-12/h2-8,11,14,16,19H,9-10H2,1H3. The summed E-state index contributed by atoms with van der Waals surface area (Å²) in [5.74, 6) is 0. The van der Waals surface area contributed by atoms with Crippen LogP contribution in [0.4, 0.5) is 0 Å². The van der Waals surface area contributed by atoms with Crippen LogP contribution in [0.1, 0.15) is 18.6 Å². The molecule has 1 aromatic heterocycles. The van der Waals surface area contributed by atoms with Crippen LogP contribution in [0.25, 0.3) is 0 Å². The van der Waals surface area contributed by atoms with Gasteiger partial charge in [0.1, 0.15) is 0 Å². The van der Waals surface area contributed by atoms with Crippen molar-refractivity contribution in [1.29, 1.82) is 0 Å². The van der Waals surface area contributed by atoms with E-state index in [2.05, 4.69) is 33.3 Å². The number of halogens is 1. The van der Waals surface area contributed by atoms with Crippen LogP contribution in [0.2, 0.25) is 0 Å². The third kappa shape index (κ3) is 4.45. The van der Waals surface area contributed by atoms with Gasteiger partial charge in [-0.3, -0.25) is 4.68 Å². The Bertz CT molecular complexity index is 501. The molecule has 5 heteroatoms. The van der Waals surface area contributed by atoms with Crippen molar-refractivity contribution < 1.29 is 5.11 Å². The fourth-order valence-electron chi connectivity index (χ4n) is 1.90. The van der Waals surface area contributed by atoms with Crippen molar-refractivity contribution in [2.75, 3.05) is 6.54 Å². The van der Waals surface area contributed by atoms with Gasteiger partial charge in [0.15, 0.2) is 0 Å². The first-order valence-corrected chi connectivity index (χ1v) is 7.09. The lowest BCUT2D eigenvalue weighted by Gasteiger charge is -2.17. The van der Waals surface area contributed by atoms with E-state index in [9.17, 15) is 5.11 Å². The van der Waals surface area contributed by atoms with E-state index in [0.29, 0.717) is 6.54 Å². The minimum atomic E-state index is -0.502. The van der Waals surface area contributed by atoms with Gasteiger partial charge in [-0.1, -0.05) is 28.1 Å². The summed E-state index contributed by atoms with van der Waals surface area (Å²) >= 11 is 3.41. The van der Waals surface area contributed by atoms with Gasteiger partial charge in [0.2, 0.25) is 0 Å². The number of nitrogens with one attached hydrogen (secondary N) is 1. The molecule has 0 spiro atoms. The monoisotopic (exact) mass is 323 g/mol. The van der Waals surface area contributed by atoms with Crippen LogP contribution in [0, 0.1) is 0 Å². The zero-order valence-corrected chi connectivity index (χ0v) is 12.4. The largest absolute Gasteiger partial charge is 0.387 e. The number of aliphatic hydroxyl groups excluding tert-OH is 1. The van der Waals surface area contributed by atoms with Gasteiger partial charge in [-0.2, -0.15) is 5.10 Å². The molecule has 0 aliphatic heterocycles. The van der Waals surface area contributed by atoms with Gasteiger partial charge in [0.05, 0.1) is 12.6 Å². The Morgan fingerprint density at radius 2 is 2.26 bits per heavy atom. The summed E-state index contributed by atoms with van der Waals surface area (Å²) in [4.78, 5) is 0. The molecule has 0 saturated heterocycles. The Morgan fingerprint density at radius 1 is 1.42 bits per heavy atom. The van der Waals surface area contributed by atoms with Crippen LogP contribution in [0.5, 0.6) is 0 Å². The summed E-state index contributed by atoms with van der Waals surface area (Å²) in [6.07, 6.45) is 3.20. The molecule has 19 heavy (non-hydrogen) atoms. The van der Waals surface area contributed by atoms with Crippen LogP contribution in [0.15, 0.2) is 47.2 Å². The minimum Gasteiger partial charge on any atom is -0.387 e. The Hall–Kier alpha value is -1.17. The average molecular weight is 324 g/mol. The minimum absolute atomic E-state index is 0.252. The van der Waals surface area contributed by atoms with Crippen LogP contribution in [0.3, 0.4) is 0 Å². The van der Waals surface area contributed by atoms with Gasteiger partial charge in [-0.25, -0.2) is 0 Å². The molecule has 1 heterocycles. The number of aliphatic hydroxyl groups is 1. The van der Waals surface area contributed by atoms with E-state index in [1.165, 1.54) is 0 Å². The molecule has 0 aliphatic rings. The molecule has 2 rings (SSSR count). The molecule has 0 saturated carbocycles. The fraction of sp³-hybridized carbons (Fsp3) is 0.357. The highest BCUT2D eigenvalue weighted by Gasteiger charge is 2.10. The molecule has 0 amide bonds. The van der Waals surface area contributed by atoms with E-state index < -0.39 is 6.10 Å². The number of hydrogen-bond acceptors (Lipinski definition) is 3. The Balaban J connectivity index is 1.81. The molecule has 0 radical (unpaired) electrons. The van der Waals surface area contributed by atoms with Gasteiger partial charge >= 0.3 is 0 Å². The third-order valence-corrected chi connectivity index (χ3v) is 3.41. The smallest absolute Gasteiger partial charge is 0.0914 e. The quantitative estimate of drug-likeness (QED) is 0.858. The summed E-state index contributed by atoms with van der Waals surface area (Å²) in [5.41, 5.74) is 0.910. The zero-order chi connectivity index (χ0) is 13.7. The Kier molecular flexibility index (Phi) is 5.13. The van der Waals surface area contributed by atoms with Crippen molar-refractivity contribution in [3.05, 3.63) is 52.8 Å². The van der Waals surface area contributed by atoms with Crippen molar-refractivity contribution in [3.63, 3.8) is 0 Å². The second-order valence-corrected chi connectivity index (χ2v) is 5.52. The zero-order valence-electron chi connectivity index (χ0n) is 10.8. The lowest BCUT2D eigenvalue weighted by molar-refractivity contribution is 0.169. The predicted octanol–water partition coefficient (Wildman–Crippen LogP) is 2.36. The summed E-state index contributed by atoms with van der Waals surface area (Å²) < 4.78 is 2.86. The topological polar surface area (TPSA) is 50.1 Å². The molecule has 2 aromatic rings. The maximum Gasteiger partial charge on any atom is 0.0914 e. The molecule has 2 N–H and O–H groups in total. The summed E-state index contributed by atoms with van der Waals surface area (Å²) in [7, 11) is 0. The maximum absolute atomic E-state index is 10.1. The highest BCUT2D eigenvalue weighted by molar-refractivity contribution is 9.10. The molecule has 102 valence electrons. The SMILES string of the molecule is CC(Cn1cccn1)NCC(O)c1cccc(Br)c1. The highest BCUT2D eigenvalue weighted by Crippen LogP contribution is 2.17. The van der Waals surface area contributed by atoms with E-state index in [4.69, 9.17) is 0 Å². The van der Waals surface area contributed by atoms with Gasteiger partial charge in [-0.05, 0) is 30.7 Å². The first-order valence-electron chi connectivity index (χ1n) is 6.29. The molecule has 0 fully saturated rings. The van der Waals surface area contributed by atoms with Gasteiger partial charge in [0.25, 0.3) is 0 Å². The lowest BCUT2D eigenvalue weighted by atomic mass is 10.1. The van der Waals surface area contributed by atoms with E-state index in [-0.39, 0.29) is 6.04 Å². The summed E-state index contributed by atoms with van der Waals surface area (Å²) in [6.45, 7) is 3.40. The van der Waals surface area contributed by atoms with Crippen molar-refractivity contribution in [1.82, 2.24) is 15.1 Å². The predicted molar refractivity (Wildman–Crippen MR) is 78.8 cm³/mol. The molecule has 2 atom stereocenters. The third-order valence-electron chi connectivity index (χ3n) is 2.91. The van der Waals surface area contributed by atoms with Gasteiger partial charge in [0, 0.05) is 29.5 Å². The molecule has 1 aromatic carbocycles. The first kappa shape index (κ1) is 14.2. The molecular weight excluding hydrogens is 306 g/mol. The summed E-state index contributed by atoms with van der Waals surface area (Å²) in [6, 6.07) is 9.89. The molecular formula is C14H18BrN3O. The maximum atomic E-state index is 10.1. The van der Waals surface area contributed by atoms with Crippen LogP contribution in [-0.4, -0.2) is 27.5 Å². The van der Waals surface area contributed by atoms with Gasteiger partial charge in [-0.15, -0.1) is 0 Å². The molecule has 2 unspecified atom stereocenters. The van der Waals surface area contributed by atoms with Crippen molar-refractivity contribution in [2.45, 2.75) is 25.6 Å². The van der Waals surface area contributed by atoms with Crippen LogP contribution < -0.4 is 5.32 Å². The lowest BCUT2D eigenvalue weighted by Crippen LogP contribution is -2.33. The Labute approximate surface area is 121 Å². The number of rotatable bonds is 6. The fourth-order valence-corrected chi connectivity index (χ4v) is 2.32. The van der Waals surface area contributed by atoms with E-state index in [1.54, 1.807) is 6.20 Å². The van der Waals surface area contributed by atoms with Crippen molar-refractivity contribution in [2.24, 2.45) is 0 Å². The summed E-state index contributed by atoms with van der Waals surface area (Å²) in [5, 5.41) is 17.6. The molecule has 0 bridgehead atoms. The van der Waals surface area contributed by atoms with Gasteiger partial charge < -0.3 is 10.4 Å². The van der Waals surface area contributed by atoms with Crippen LogP contribution >= 0.6 is 15.9 Å². The highest BCUT2D eigenvalue weighted by atomic mass is 79.9.